The predicted molar refractivity (Wildman–Crippen MR) is 60.2 cm³/mol. The molecule has 0 aliphatic heterocycles. The van der Waals surface area contributed by atoms with Crippen molar-refractivity contribution in [3.8, 4) is 0 Å². The maximum Gasteiger partial charge on any atom is 0.482 e. The third kappa shape index (κ3) is 4.63. The first-order valence-electron chi connectivity index (χ1n) is 4.77. The molecule has 98 valence electrons. The summed E-state index contributed by atoms with van der Waals surface area (Å²) in [6.45, 7) is 3.49. The van der Waals surface area contributed by atoms with Gasteiger partial charge in [-0.3, -0.25) is 13.6 Å². The summed E-state index contributed by atoms with van der Waals surface area (Å²) in [6.07, 6.45) is 0. The Morgan fingerprint density at radius 3 is 1.75 bits per heavy atom. The highest BCUT2D eigenvalue weighted by molar-refractivity contribution is 7.63. The van der Waals surface area contributed by atoms with Gasteiger partial charge in [0.05, 0.1) is 13.2 Å². The molecule has 0 heterocycles. The van der Waals surface area contributed by atoms with E-state index in [1.54, 1.807) is 13.8 Å². The lowest BCUT2D eigenvalue weighted by Crippen LogP contribution is -2.12. The minimum absolute atomic E-state index is 0.119. The molecule has 1 unspecified atom stereocenters. The van der Waals surface area contributed by atoms with Gasteiger partial charge in [0.1, 0.15) is 0 Å². The maximum absolute atomic E-state index is 12.0. The normalized spacial score (nSPS) is 16.4. The molecule has 1 atom stereocenters. The van der Waals surface area contributed by atoms with Gasteiger partial charge in [0.25, 0.3) is 0 Å². The summed E-state index contributed by atoms with van der Waals surface area (Å²) in [6, 6.07) is 0. The molecule has 16 heavy (non-hydrogen) atoms. The Bertz CT molecular complexity index is 285. The van der Waals surface area contributed by atoms with Gasteiger partial charge < -0.3 is 0 Å². The summed E-state index contributed by atoms with van der Waals surface area (Å²) in [5.41, 5.74) is 0. The summed E-state index contributed by atoms with van der Waals surface area (Å²) in [5, 5.41) is 0. The van der Waals surface area contributed by atoms with E-state index in [1.807, 2.05) is 0 Å². The van der Waals surface area contributed by atoms with E-state index in [0.29, 0.717) is 0 Å². The maximum atomic E-state index is 12.0. The number of phosphoric ester groups is 1. The van der Waals surface area contributed by atoms with Crippen LogP contribution in [0.15, 0.2) is 0 Å². The van der Waals surface area contributed by atoms with Gasteiger partial charge >= 0.3 is 15.6 Å². The molecular formula is C7H19NO6P2. The topological polar surface area (TPSA) is 74.3 Å². The van der Waals surface area contributed by atoms with Crippen LogP contribution in [0.25, 0.3) is 0 Å². The zero-order valence-electron chi connectivity index (χ0n) is 10.2. The summed E-state index contributed by atoms with van der Waals surface area (Å²) in [5.74, 6) is 0. The standard InChI is InChI=1S/C7H19NO6P2/c1-6-12-16(10,13-7-2)14-15(9,11-5)8(3)4/h6-7H2,1-5H3. The van der Waals surface area contributed by atoms with E-state index < -0.39 is 15.6 Å². The van der Waals surface area contributed by atoms with Crippen molar-refractivity contribution in [3.63, 3.8) is 0 Å². The van der Waals surface area contributed by atoms with Gasteiger partial charge in [-0.05, 0) is 27.9 Å². The minimum atomic E-state index is -3.84. The molecule has 0 rings (SSSR count). The van der Waals surface area contributed by atoms with Crippen molar-refractivity contribution in [1.29, 1.82) is 0 Å². The van der Waals surface area contributed by atoms with E-state index in [9.17, 15) is 9.13 Å². The molecule has 0 aromatic rings. The highest BCUT2D eigenvalue weighted by Crippen LogP contribution is 2.65. The van der Waals surface area contributed by atoms with Crippen LogP contribution in [0.4, 0.5) is 0 Å². The molecule has 0 radical (unpaired) electrons. The second kappa shape index (κ2) is 6.87. The number of phosphoric acid groups is 1. The van der Waals surface area contributed by atoms with Gasteiger partial charge in [-0.25, -0.2) is 13.8 Å². The molecule has 9 heteroatoms. The lowest BCUT2D eigenvalue weighted by molar-refractivity contribution is 0.150. The van der Waals surface area contributed by atoms with Crippen LogP contribution in [0.2, 0.25) is 0 Å². The Morgan fingerprint density at radius 2 is 1.50 bits per heavy atom. The lowest BCUT2D eigenvalue weighted by Gasteiger charge is -2.25. The molecule has 0 saturated heterocycles. The van der Waals surface area contributed by atoms with Crippen LogP contribution in [-0.4, -0.2) is 39.1 Å². The number of rotatable bonds is 8. The first-order chi connectivity index (χ1) is 7.33. The Morgan fingerprint density at radius 1 is 1.06 bits per heavy atom. The van der Waals surface area contributed by atoms with Gasteiger partial charge in [0, 0.05) is 7.11 Å². The van der Waals surface area contributed by atoms with Gasteiger partial charge in [-0.15, -0.1) is 0 Å². The van der Waals surface area contributed by atoms with E-state index in [4.69, 9.17) is 17.9 Å². The van der Waals surface area contributed by atoms with Crippen molar-refractivity contribution in [2.24, 2.45) is 0 Å². The van der Waals surface area contributed by atoms with E-state index in [2.05, 4.69) is 0 Å². The summed E-state index contributed by atoms with van der Waals surface area (Å²) in [7, 11) is -3.32. The van der Waals surface area contributed by atoms with Crippen molar-refractivity contribution in [3.05, 3.63) is 0 Å². The van der Waals surface area contributed by atoms with Crippen LogP contribution in [-0.2, 0) is 27.0 Å². The molecule has 0 bridgehead atoms. The van der Waals surface area contributed by atoms with Crippen LogP contribution in [0, 0.1) is 0 Å². The van der Waals surface area contributed by atoms with E-state index >= 15 is 0 Å². The quantitative estimate of drug-likeness (QED) is 0.630. The van der Waals surface area contributed by atoms with Crippen LogP contribution in [0.5, 0.6) is 0 Å². The average Bonchev–Trinajstić information content (AvgIpc) is 2.17. The number of hydrogen-bond acceptors (Lipinski definition) is 6. The molecular weight excluding hydrogens is 256 g/mol. The van der Waals surface area contributed by atoms with E-state index in [1.165, 1.54) is 25.9 Å². The molecule has 0 N–H and O–H groups in total. The van der Waals surface area contributed by atoms with Crippen LogP contribution in [0.3, 0.4) is 0 Å². The Balaban J connectivity index is 4.86. The van der Waals surface area contributed by atoms with E-state index in [0.717, 1.165) is 0 Å². The summed E-state index contributed by atoms with van der Waals surface area (Å²) >= 11 is 0. The fourth-order valence-electron chi connectivity index (χ4n) is 0.797. The van der Waals surface area contributed by atoms with Crippen molar-refractivity contribution >= 4 is 15.6 Å². The first-order valence-corrected chi connectivity index (χ1v) is 7.73. The van der Waals surface area contributed by atoms with Gasteiger partial charge in [-0.2, -0.15) is 4.31 Å². The average molecular weight is 275 g/mol. The zero-order valence-corrected chi connectivity index (χ0v) is 12.0. The molecule has 0 saturated carbocycles. The number of hydrogen-bond donors (Lipinski definition) is 0. The monoisotopic (exact) mass is 275 g/mol. The third-order valence-electron chi connectivity index (χ3n) is 1.50. The van der Waals surface area contributed by atoms with Crippen LogP contribution in [0.1, 0.15) is 13.8 Å². The smallest absolute Gasteiger partial charge is 0.300 e. The molecule has 0 fully saturated rings. The summed E-state index contributed by atoms with van der Waals surface area (Å²) in [4.78, 5) is 0. The van der Waals surface area contributed by atoms with Gasteiger partial charge in [0.2, 0.25) is 0 Å². The van der Waals surface area contributed by atoms with Crippen LogP contribution < -0.4 is 0 Å². The number of nitrogens with zero attached hydrogens (tertiary/aromatic N) is 1. The molecule has 0 aromatic heterocycles. The van der Waals surface area contributed by atoms with Gasteiger partial charge in [0.15, 0.2) is 0 Å². The SMILES string of the molecule is CCOP(=O)(OCC)OP(=O)(OC)N(C)C. The summed E-state index contributed by atoms with van der Waals surface area (Å²) < 4.78 is 44.4. The first kappa shape index (κ1) is 16.3. The zero-order chi connectivity index (χ0) is 12.8. The minimum Gasteiger partial charge on any atom is -0.300 e. The Hall–Kier alpha value is 0.260. The molecule has 0 amide bonds. The Kier molecular flexibility index (Phi) is 6.98. The fourth-order valence-corrected chi connectivity index (χ4v) is 4.07. The lowest BCUT2D eigenvalue weighted by atomic mass is 10.9. The molecule has 0 aliphatic rings. The van der Waals surface area contributed by atoms with Crippen molar-refractivity contribution in [2.75, 3.05) is 34.4 Å². The second-order valence-corrected chi connectivity index (χ2v) is 7.03. The Labute approximate surface area is 96.2 Å². The van der Waals surface area contributed by atoms with Gasteiger partial charge in [-0.1, -0.05) is 0 Å². The van der Waals surface area contributed by atoms with Crippen molar-refractivity contribution in [2.45, 2.75) is 13.8 Å². The largest absolute Gasteiger partial charge is 0.482 e. The van der Waals surface area contributed by atoms with Crippen molar-refractivity contribution in [1.82, 2.24) is 4.67 Å². The van der Waals surface area contributed by atoms with Crippen LogP contribution >= 0.6 is 15.6 Å². The molecule has 0 aromatic carbocycles. The molecule has 0 spiro atoms. The highest BCUT2D eigenvalue weighted by Gasteiger charge is 2.39. The molecule has 7 nitrogen and oxygen atoms in total. The third-order valence-corrected chi connectivity index (χ3v) is 5.71. The molecule has 0 aliphatic carbocycles. The second-order valence-electron chi connectivity index (χ2n) is 2.86. The van der Waals surface area contributed by atoms with Crippen molar-refractivity contribution < 1.29 is 27.0 Å². The van der Waals surface area contributed by atoms with E-state index in [-0.39, 0.29) is 13.2 Å². The fraction of sp³-hybridized carbons (Fsp3) is 1.00. The highest BCUT2D eigenvalue weighted by atomic mass is 31.3. The predicted octanol–water partition coefficient (Wildman–Crippen LogP) is 2.50.